The van der Waals surface area contributed by atoms with Gasteiger partial charge in [0.25, 0.3) is 0 Å². The van der Waals surface area contributed by atoms with Gasteiger partial charge in [-0.25, -0.2) is 0 Å². The first kappa shape index (κ1) is 31.7. The Bertz CT molecular complexity index is 3270. The largest absolute Gasteiger partial charge is 0.309 e. The van der Waals surface area contributed by atoms with Crippen molar-refractivity contribution in [3.05, 3.63) is 192 Å². The van der Waals surface area contributed by atoms with Gasteiger partial charge < -0.3 is 9.13 Å². The Kier molecular flexibility index (Phi) is 6.22. The average molecular weight is 717 g/mol. The van der Waals surface area contributed by atoms with Crippen LogP contribution in [0.15, 0.2) is 170 Å². The molecule has 2 aromatic heterocycles. The third-order valence-electron chi connectivity index (χ3n) is 13.2. The number of nitrogens with zero attached hydrogens (tertiary/aromatic N) is 2. The Balaban J connectivity index is 1.28. The first-order valence-electron chi connectivity index (χ1n) is 19.9. The summed E-state index contributed by atoms with van der Waals surface area (Å²) in [6.45, 7) is 9.87. The maximum absolute atomic E-state index is 2.63. The highest BCUT2D eigenvalue weighted by Crippen LogP contribution is 2.57. The van der Waals surface area contributed by atoms with Crippen molar-refractivity contribution in [1.29, 1.82) is 0 Å². The fraction of sp³-hybridized carbons (Fsp3) is 0.111. The van der Waals surface area contributed by atoms with E-state index in [1.165, 1.54) is 111 Å². The molecule has 10 aromatic rings. The molecule has 0 atom stereocenters. The molecule has 56 heavy (non-hydrogen) atoms. The van der Waals surface area contributed by atoms with E-state index < -0.39 is 0 Å². The molecule has 0 saturated carbocycles. The van der Waals surface area contributed by atoms with Gasteiger partial charge in [-0.2, -0.15) is 0 Å². The van der Waals surface area contributed by atoms with Crippen LogP contribution in [0.1, 0.15) is 49.9 Å². The minimum atomic E-state index is -0.311. The zero-order valence-electron chi connectivity index (χ0n) is 32.1. The normalized spacial score (nSPS) is 14.7. The number of para-hydroxylation sites is 1. The molecule has 12 rings (SSSR count). The van der Waals surface area contributed by atoms with Crippen LogP contribution >= 0.6 is 0 Å². The number of aromatic nitrogens is 2. The molecule has 0 spiro atoms. The van der Waals surface area contributed by atoms with Gasteiger partial charge in [-0.3, -0.25) is 0 Å². The molecule has 0 radical (unpaired) electrons. The van der Waals surface area contributed by atoms with E-state index in [-0.39, 0.29) is 10.8 Å². The standard InChI is InChI=1S/C54H40N2/c1-53(2)43-22-14-15-23-47(43)55-45-26-24-37(34-18-10-6-11-19-34)29-40(45)42-32-48-49(50(53)52(42)55)54(3,4)44-31-38(35-20-12-7-13-21-35)30-41-39-28-36(33-16-8-5-9-17-33)25-27-46(39)56(48)51(41)44/h5-32H,1-4H3. The Labute approximate surface area is 326 Å². The Hall–Kier alpha value is -6.64. The van der Waals surface area contributed by atoms with Crippen molar-refractivity contribution >= 4 is 43.6 Å². The van der Waals surface area contributed by atoms with Crippen LogP contribution in [0, 0.1) is 0 Å². The molecular formula is C54H40N2. The third kappa shape index (κ3) is 4.06. The topological polar surface area (TPSA) is 9.86 Å². The predicted octanol–water partition coefficient (Wildman–Crippen LogP) is 14.2. The SMILES string of the molecule is CC1(C)c2c(cc3c4cc(-c5ccccc5)ccc4n4c3c2C(C)(C)c2ccccc2-4)-n2c3ccc(-c4ccccc4)cc3c3cc(-c4ccccc4)cc1c32. The van der Waals surface area contributed by atoms with Crippen molar-refractivity contribution < 1.29 is 0 Å². The molecule has 8 aromatic carbocycles. The third-order valence-corrected chi connectivity index (χ3v) is 13.2. The molecule has 0 fully saturated rings. The molecule has 0 amide bonds. The van der Waals surface area contributed by atoms with Gasteiger partial charge in [0.1, 0.15) is 0 Å². The summed E-state index contributed by atoms with van der Waals surface area (Å²) < 4.78 is 5.21. The molecule has 2 heteroatoms. The molecule has 2 nitrogen and oxygen atoms in total. The van der Waals surface area contributed by atoms with Crippen LogP contribution in [-0.2, 0) is 10.8 Å². The zero-order valence-corrected chi connectivity index (χ0v) is 32.1. The van der Waals surface area contributed by atoms with E-state index in [0.717, 1.165) is 0 Å². The monoisotopic (exact) mass is 716 g/mol. The summed E-state index contributed by atoms with van der Waals surface area (Å²) in [6, 6.07) is 63.4. The van der Waals surface area contributed by atoms with Crippen molar-refractivity contribution in [2.24, 2.45) is 0 Å². The van der Waals surface area contributed by atoms with Gasteiger partial charge in [0.15, 0.2) is 0 Å². The smallest absolute Gasteiger partial charge is 0.0586 e. The fourth-order valence-corrected chi connectivity index (χ4v) is 10.6. The Morgan fingerprint density at radius 1 is 0.321 bits per heavy atom. The molecule has 0 unspecified atom stereocenters. The second-order valence-corrected chi connectivity index (χ2v) is 17.0. The quantitative estimate of drug-likeness (QED) is 0.172. The van der Waals surface area contributed by atoms with E-state index >= 15 is 0 Å². The van der Waals surface area contributed by atoms with Crippen LogP contribution < -0.4 is 0 Å². The van der Waals surface area contributed by atoms with E-state index in [0.29, 0.717) is 0 Å². The van der Waals surface area contributed by atoms with Gasteiger partial charge in [0.05, 0.1) is 33.4 Å². The highest BCUT2D eigenvalue weighted by atomic mass is 15.0. The molecule has 266 valence electrons. The summed E-state index contributed by atoms with van der Waals surface area (Å²) in [4.78, 5) is 0. The molecule has 4 heterocycles. The first-order valence-corrected chi connectivity index (χ1v) is 19.9. The molecule has 2 aliphatic rings. The summed E-state index contributed by atoms with van der Waals surface area (Å²) >= 11 is 0. The number of fused-ring (bicyclic) bond motifs is 11. The molecule has 0 N–H and O–H groups in total. The molecule has 0 aliphatic carbocycles. The van der Waals surface area contributed by atoms with Crippen LogP contribution in [-0.4, -0.2) is 9.13 Å². The highest BCUT2D eigenvalue weighted by Gasteiger charge is 2.45. The first-order chi connectivity index (χ1) is 27.3. The van der Waals surface area contributed by atoms with Crippen molar-refractivity contribution in [3.63, 3.8) is 0 Å². The summed E-state index contributed by atoms with van der Waals surface area (Å²) in [5, 5.41) is 5.20. The fourth-order valence-electron chi connectivity index (χ4n) is 10.6. The molecular weight excluding hydrogens is 677 g/mol. The highest BCUT2D eigenvalue weighted by molar-refractivity contribution is 6.17. The Morgan fingerprint density at radius 3 is 1.38 bits per heavy atom. The van der Waals surface area contributed by atoms with E-state index in [4.69, 9.17) is 0 Å². The number of hydrogen-bond donors (Lipinski definition) is 0. The number of hydrogen-bond acceptors (Lipinski definition) is 0. The van der Waals surface area contributed by atoms with Gasteiger partial charge in [0, 0.05) is 32.4 Å². The number of rotatable bonds is 3. The van der Waals surface area contributed by atoms with Gasteiger partial charge in [0.2, 0.25) is 0 Å². The van der Waals surface area contributed by atoms with Crippen LogP contribution in [0.3, 0.4) is 0 Å². The second kappa shape index (κ2) is 11.0. The lowest BCUT2D eigenvalue weighted by Gasteiger charge is -2.43. The lowest BCUT2D eigenvalue weighted by Crippen LogP contribution is -2.35. The molecule has 2 aliphatic heterocycles. The summed E-state index contributed by atoms with van der Waals surface area (Å²) in [7, 11) is 0. The molecule has 0 bridgehead atoms. The van der Waals surface area contributed by atoms with Gasteiger partial charge >= 0.3 is 0 Å². The zero-order chi connectivity index (χ0) is 37.5. The molecule has 0 saturated heterocycles. The minimum absolute atomic E-state index is 0.263. The van der Waals surface area contributed by atoms with Crippen molar-refractivity contribution in [2.75, 3.05) is 0 Å². The van der Waals surface area contributed by atoms with Crippen molar-refractivity contribution in [3.8, 4) is 44.8 Å². The lowest BCUT2D eigenvalue weighted by atomic mass is 9.64. The average Bonchev–Trinajstić information content (AvgIpc) is 3.74. The summed E-state index contributed by atoms with van der Waals surface area (Å²) in [6.07, 6.45) is 0. The lowest BCUT2D eigenvalue weighted by molar-refractivity contribution is 0.568. The predicted molar refractivity (Wildman–Crippen MR) is 236 cm³/mol. The summed E-state index contributed by atoms with van der Waals surface area (Å²) in [5.41, 5.74) is 20.2. The van der Waals surface area contributed by atoms with Crippen LogP contribution in [0.25, 0.3) is 88.4 Å². The van der Waals surface area contributed by atoms with E-state index in [1.807, 2.05) is 0 Å². The Morgan fingerprint density at radius 2 is 0.786 bits per heavy atom. The van der Waals surface area contributed by atoms with Crippen molar-refractivity contribution in [2.45, 2.75) is 38.5 Å². The van der Waals surface area contributed by atoms with Gasteiger partial charge in [-0.05, 0) is 104 Å². The van der Waals surface area contributed by atoms with Crippen LogP contribution in [0.2, 0.25) is 0 Å². The van der Waals surface area contributed by atoms with Crippen LogP contribution in [0.5, 0.6) is 0 Å². The minimum Gasteiger partial charge on any atom is -0.309 e. The maximum atomic E-state index is 2.63. The van der Waals surface area contributed by atoms with E-state index in [2.05, 4.69) is 207 Å². The maximum Gasteiger partial charge on any atom is 0.0586 e. The van der Waals surface area contributed by atoms with E-state index in [9.17, 15) is 0 Å². The van der Waals surface area contributed by atoms with Gasteiger partial charge in [-0.1, -0.05) is 149 Å². The van der Waals surface area contributed by atoms with Crippen molar-refractivity contribution in [1.82, 2.24) is 9.13 Å². The summed E-state index contributed by atoms with van der Waals surface area (Å²) in [5.74, 6) is 0. The van der Waals surface area contributed by atoms with Crippen LogP contribution in [0.4, 0.5) is 0 Å². The van der Waals surface area contributed by atoms with Gasteiger partial charge in [-0.15, -0.1) is 0 Å². The second-order valence-electron chi connectivity index (χ2n) is 17.0. The van der Waals surface area contributed by atoms with E-state index in [1.54, 1.807) is 0 Å². The number of benzene rings is 8.